The molecule has 3 N–H and O–H groups in total. The van der Waals surface area contributed by atoms with E-state index in [1.54, 1.807) is 18.2 Å². The Bertz CT molecular complexity index is 1470. The molecule has 3 heterocycles. The van der Waals surface area contributed by atoms with Gasteiger partial charge in [-0.2, -0.15) is 0 Å². The van der Waals surface area contributed by atoms with Gasteiger partial charge in [0.05, 0.1) is 22.3 Å². The first kappa shape index (κ1) is 22.1. The van der Waals surface area contributed by atoms with Crippen LogP contribution in [-0.4, -0.2) is 64.3 Å². The summed E-state index contributed by atoms with van der Waals surface area (Å²) in [4.78, 5) is 38.0. The molecule has 2 amide bonds. The number of primary amides is 1. The third-order valence-electron chi connectivity index (χ3n) is 7.06. The molecule has 0 spiro atoms. The normalized spacial score (nSPS) is 16.8. The van der Waals surface area contributed by atoms with E-state index in [1.807, 2.05) is 35.2 Å². The van der Waals surface area contributed by atoms with Crippen LogP contribution in [0.5, 0.6) is 0 Å². The number of piperazine rings is 1. The highest BCUT2D eigenvalue weighted by Crippen LogP contribution is 2.32. The van der Waals surface area contributed by atoms with E-state index in [0.717, 1.165) is 55.1 Å². The molecule has 2 aromatic carbocycles. The largest absolute Gasteiger partial charge is 0.366 e. The number of nitrogens with zero attached hydrogens (tertiary/aromatic N) is 3. The maximum Gasteiger partial charge on any atom is 0.254 e. The molecule has 4 aromatic rings. The lowest BCUT2D eigenvalue weighted by Crippen LogP contribution is -2.49. The summed E-state index contributed by atoms with van der Waals surface area (Å²) < 4.78 is 0. The second-order valence-electron chi connectivity index (χ2n) is 9.57. The van der Waals surface area contributed by atoms with Crippen LogP contribution in [0.4, 0.5) is 0 Å². The molecular weight excluding hydrogens is 462 g/mol. The van der Waals surface area contributed by atoms with E-state index in [9.17, 15) is 9.59 Å². The van der Waals surface area contributed by atoms with Crippen molar-refractivity contribution in [2.45, 2.75) is 12.8 Å². The molecule has 178 valence electrons. The lowest BCUT2D eigenvalue weighted by molar-refractivity contribution is 0.0632. The molecule has 0 bridgehead atoms. The predicted molar refractivity (Wildman–Crippen MR) is 138 cm³/mol. The van der Waals surface area contributed by atoms with Crippen LogP contribution < -0.4 is 5.73 Å². The van der Waals surface area contributed by atoms with Crippen LogP contribution >= 0.6 is 11.6 Å². The van der Waals surface area contributed by atoms with Crippen LogP contribution in [0.3, 0.4) is 0 Å². The zero-order valence-electron chi connectivity index (χ0n) is 19.3. The van der Waals surface area contributed by atoms with Gasteiger partial charge in [0.1, 0.15) is 0 Å². The number of halogens is 1. The van der Waals surface area contributed by atoms with Crippen LogP contribution in [0, 0.1) is 5.92 Å². The van der Waals surface area contributed by atoms with Gasteiger partial charge in [-0.05, 0) is 55.2 Å². The lowest BCUT2D eigenvalue weighted by atomic mass is 10.1. The van der Waals surface area contributed by atoms with Gasteiger partial charge in [-0.3, -0.25) is 14.5 Å². The molecule has 6 rings (SSSR count). The topological polar surface area (TPSA) is 95.3 Å². The number of nitrogens with two attached hydrogens (primary N) is 1. The summed E-state index contributed by atoms with van der Waals surface area (Å²) in [7, 11) is 0. The molecule has 1 saturated heterocycles. The number of benzene rings is 2. The van der Waals surface area contributed by atoms with Gasteiger partial charge in [0.2, 0.25) is 0 Å². The molecule has 2 aliphatic rings. The summed E-state index contributed by atoms with van der Waals surface area (Å²) in [6.07, 6.45) is 2.69. The molecule has 2 fully saturated rings. The van der Waals surface area contributed by atoms with E-state index in [1.165, 1.54) is 12.8 Å². The van der Waals surface area contributed by atoms with Gasteiger partial charge in [0.15, 0.2) is 0 Å². The average molecular weight is 488 g/mol. The summed E-state index contributed by atoms with van der Waals surface area (Å²) in [5.41, 5.74) is 10.0. The highest BCUT2D eigenvalue weighted by atomic mass is 35.5. The van der Waals surface area contributed by atoms with Gasteiger partial charge in [-0.1, -0.05) is 23.7 Å². The molecule has 0 unspecified atom stereocenters. The van der Waals surface area contributed by atoms with E-state index in [4.69, 9.17) is 22.3 Å². The van der Waals surface area contributed by atoms with Gasteiger partial charge < -0.3 is 15.6 Å². The summed E-state index contributed by atoms with van der Waals surface area (Å²) in [6.45, 7) is 4.50. The number of rotatable bonds is 5. The number of carbonyl (C=O) groups excluding carboxylic acids is 2. The van der Waals surface area contributed by atoms with Gasteiger partial charge in [-0.25, -0.2) is 4.98 Å². The predicted octanol–water partition coefficient (Wildman–Crippen LogP) is 4.30. The van der Waals surface area contributed by atoms with Gasteiger partial charge >= 0.3 is 0 Å². The number of amides is 2. The first-order valence-corrected chi connectivity index (χ1v) is 12.4. The average Bonchev–Trinajstić information content (AvgIpc) is 3.60. The smallest absolute Gasteiger partial charge is 0.254 e. The van der Waals surface area contributed by atoms with Crippen molar-refractivity contribution in [2.24, 2.45) is 11.7 Å². The minimum absolute atomic E-state index is 0.0272. The molecule has 1 aliphatic heterocycles. The summed E-state index contributed by atoms with van der Waals surface area (Å²) in [5, 5.41) is 1.41. The minimum Gasteiger partial charge on any atom is -0.366 e. The SMILES string of the molecule is NC(=O)c1cc(-c2cccc(Cl)c2)nc2c1[nH]c1cc(C(=O)N3CCN(CC4CC4)CC3)ccc12. The number of pyridine rings is 1. The molecule has 1 aliphatic carbocycles. The van der Waals surface area contributed by atoms with Gasteiger partial charge in [0, 0.05) is 59.8 Å². The van der Waals surface area contributed by atoms with E-state index in [2.05, 4.69) is 9.88 Å². The summed E-state index contributed by atoms with van der Waals surface area (Å²) >= 11 is 6.17. The second-order valence-corrected chi connectivity index (χ2v) is 10.0. The quantitative estimate of drug-likeness (QED) is 0.438. The summed E-state index contributed by atoms with van der Waals surface area (Å²) in [6, 6.07) is 14.6. The maximum absolute atomic E-state index is 13.2. The van der Waals surface area contributed by atoms with Crippen molar-refractivity contribution in [3.05, 3.63) is 64.7 Å². The Morgan fingerprint density at radius 3 is 2.57 bits per heavy atom. The molecule has 7 nitrogen and oxygen atoms in total. The number of aromatic amines is 1. The number of H-pyrrole nitrogens is 1. The van der Waals surface area contributed by atoms with Crippen LogP contribution in [0.25, 0.3) is 33.2 Å². The van der Waals surface area contributed by atoms with Crippen molar-refractivity contribution in [3.63, 3.8) is 0 Å². The Balaban J connectivity index is 1.34. The Morgan fingerprint density at radius 2 is 1.86 bits per heavy atom. The molecule has 1 saturated carbocycles. The Labute approximate surface area is 207 Å². The molecular formula is C27H26ClN5O2. The maximum atomic E-state index is 13.2. The number of fused-ring (bicyclic) bond motifs is 3. The third kappa shape index (κ3) is 4.26. The standard InChI is InChI=1S/C27H26ClN5O2/c28-19-3-1-2-17(12-19)22-14-21(26(29)34)25-24(30-22)20-7-6-18(13-23(20)31-25)27(35)33-10-8-32(9-11-33)15-16-4-5-16/h1-3,6-7,12-14,16,31H,4-5,8-11,15H2,(H2,29,34). The summed E-state index contributed by atoms with van der Waals surface area (Å²) in [5.74, 6) is 0.340. The van der Waals surface area contributed by atoms with E-state index >= 15 is 0 Å². The van der Waals surface area contributed by atoms with Crippen molar-refractivity contribution in [2.75, 3.05) is 32.7 Å². The van der Waals surface area contributed by atoms with Crippen LogP contribution in [-0.2, 0) is 0 Å². The van der Waals surface area contributed by atoms with Crippen molar-refractivity contribution < 1.29 is 9.59 Å². The fraction of sp³-hybridized carbons (Fsp3) is 0.296. The third-order valence-corrected chi connectivity index (χ3v) is 7.29. The van der Waals surface area contributed by atoms with Gasteiger partial charge in [0.25, 0.3) is 11.8 Å². The second kappa shape index (κ2) is 8.66. The highest BCUT2D eigenvalue weighted by molar-refractivity contribution is 6.30. The number of aromatic nitrogens is 2. The van der Waals surface area contributed by atoms with Crippen molar-refractivity contribution in [3.8, 4) is 11.3 Å². The van der Waals surface area contributed by atoms with E-state index in [-0.39, 0.29) is 5.91 Å². The fourth-order valence-electron chi connectivity index (χ4n) is 4.96. The molecule has 35 heavy (non-hydrogen) atoms. The van der Waals surface area contributed by atoms with Crippen LogP contribution in [0.15, 0.2) is 48.5 Å². The van der Waals surface area contributed by atoms with Crippen molar-refractivity contribution >= 4 is 45.4 Å². The van der Waals surface area contributed by atoms with Gasteiger partial charge in [-0.15, -0.1) is 0 Å². The monoisotopic (exact) mass is 487 g/mol. The van der Waals surface area contributed by atoms with Crippen molar-refractivity contribution in [1.29, 1.82) is 0 Å². The Hall–Kier alpha value is -3.42. The number of hydrogen-bond acceptors (Lipinski definition) is 4. The van der Waals surface area contributed by atoms with Crippen LogP contribution in [0.1, 0.15) is 33.6 Å². The number of carbonyl (C=O) groups is 2. The van der Waals surface area contributed by atoms with E-state index < -0.39 is 5.91 Å². The molecule has 0 radical (unpaired) electrons. The zero-order valence-corrected chi connectivity index (χ0v) is 20.0. The molecule has 2 aromatic heterocycles. The lowest BCUT2D eigenvalue weighted by Gasteiger charge is -2.34. The van der Waals surface area contributed by atoms with Crippen molar-refractivity contribution in [1.82, 2.24) is 19.8 Å². The first-order chi connectivity index (χ1) is 17.0. The highest BCUT2D eigenvalue weighted by Gasteiger charge is 2.28. The zero-order chi connectivity index (χ0) is 24.1. The Kier molecular flexibility index (Phi) is 5.46. The molecule has 8 heteroatoms. The first-order valence-electron chi connectivity index (χ1n) is 12.0. The Morgan fingerprint density at radius 1 is 1.06 bits per heavy atom. The number of hydrogen-bond donors (Lipinski definition) is 2. The minimum atomic E-state index is -0.549. The van der Waals surface area contributed by atoms with E-state index in [0.29, 0.717) is 32.9 Å². The molecule has 0 atom stereocenters. The van der Waals surface area contributed by atoms with Crippen LogP contribution in [0.2, 0.25) is 5.02 Å². The number of nitrogens with one attached hydrogen (secondary N) is 1. The fourth-order valence-corrected chi connectivity index (χ4v) is 5.15.